The van der Waals surface area contributed by atoms with Crippen LogP contribution in [0.1, 0.15) is 40.0 Å². The summed E-state index contributed by atoms with van der Waals surface area (Å²) >= 11 is 0. The van der Waals surface area contributed by atoms with E-state index in [-0.39, 0.29) is 11.3 Å². The minimum absolute atomic E-state index is 0.125. The number of nitrogens with zero attached hydrogens (tertiary/aromatic N) is 1. The number of rotatable bonds is 1. The van der Waals surface area contributed by atoms with Crippen LogP contribution in [0.5, 0.6) is 0 Å². The fraction of sp³-hybridized carbons (Fsp3) is 0.900. The first-order valence-corrected chi connectivity index (χ1v) is 4.88. The standard InChI is InChI=1S/C10H19NO2/c1-10(2,3)7-8-4-5-11(13)9(12)6-8/h8,13H,4-7H2,1-3H3. The molecule has 3 nitrogen and oxygen atoms in total. The molecule has 1 amide bonds. The summed E-state index contributed by atoms with van der Waals surface area (Å²) in [7, 11) is 0. The van der Waals surface area contributed by atoms with Crippen molar-refractivity contribution in [2.45, 2.75) is 40.0 Å². The Bertz CT molecular complexity index is 196. The summed E-state index contributed by atoms with van der Waals surface area (Å²) in [5.74, 6) is 0.330. The molecule has 1 fully saturated rings. The smallest absolute Gasteiger partial charge is 0.246 e. The van der Waals surface area contributed by atoms with E-state index >= 15 is 0 Å². The van der Waals surface area contributed by atoms with Crippen LogP contribution >= 0.6 is 0 Å². The third-order valence-electron chi connectivity index (χ3n) is 2.40. The van der Waals surface area contributed by atoms with Crippen LogP contribution in [-0.2, 0) is 4.79 Å². The number of amides is 1. The Labute approximate surface area is 79.7 Å². The molecule has 1 aliphatic rings. The molecule has 0 spiro atoms. The maximum Gasteiger partial charge on any atom is 0.246 e. The van der Waals surface area contributed by atoms with Gasteiger partial charge < -0.3 is 0 Å². The van der Waals surface area contributed by atoms with Gasteiger partial charge in [0.05, 0.1) is 0 Å². The zero-order valence-corrected chi connectivity index (χ0v) is 8.71. The Hall–Kier alpha value is -0.570. The topological polar surface area (TPSA) is 40.5 Å². The SMILES string of the molecule is CC(C)(C)CC1CCN(O)C(=O)C1. The predicted molar refractivity (Wildman–Crippen MR) is 50.3 cm³/mol. The average molecular weight is 185 g/mol. The van der Waals surface area contributed by atoms with Crippen molar-refractivity contribution in [1.82, 2.24) is 5.06 Å². The van der Waals surface area contributed by atoms with E-state index in [1.165, 1.54) is 0 Å². The largest absolute Gasteiger partial charge is 0.286 e. The van der Waals surface area contributed by atoms with Gasteiger partial charge in [0.2, 0.25) is 5.91 Å². The molecule has 1 heterocycles. The molecule has 1 saturated heterocycles. The van der Waals surface area contributed by atoms with Gasteiger partial charge in [-0.3, -0.25) is 10.0 Å². The molecule has 0 aromatic heterocycles. The van der Waals surface area contributed by atoms with Gasteiger partial charge in [0.1, 0.15) is 0 Å². The van der Waals surface area contributed by atoms with Crippen molar-refractivity contribution in [2.24, 2.45) is 11.3 Å². The number of piperidine rings is 1. The van der Waals surface area contributed by atoms with E-state index in [4.69, 9.17) is 5.21 Å². The molecule has 1 atom stereocenters. The molecular weight excluding hydrogens is 166 g/mol. The van der Waals surface area contributed by atoms with Crippen LogP contribution in [0.25, 0.3) is 0 Å². The van der Waals surface area contributed by atoms with Crippen LogP contribution in [0.15, 0.2) is 0 Å². The van der Waals surface area contributed by atoms with Crippen molar-refractivity contribution in [1.29, 1.82) is 0 Å². The summed E-state index contributed by atoms with van der Waals surface area (Å²) < 4.78 is 0. The van der Waals surface area contributed by atoms with Crippen molar-refractivity contribution < 1.29 is 10.0 Å². The highest BCUT2D eigenvalue weighted by Crippen LogP contribution is 2.30. The quantitative estimate of drug-likeness (QED) is 0.635. The van der Waals surface area contributed by atoms with Gasteiger partial charge >= 0.3 is 0 Å². The van der Waals surface area contributed by atoms with E-state index in [1.54, 1.807) is 0 Å². The second-order valence-corrected chi connectivity index (χ2v) is 5.14. The summed E-state index contributed by atoms with van der Waals surface area (Å²) in [4.78, 5) is 11.2. The monoisotopic (exact) mass is 185 g/mol. The normalized spacial score (nSPS) is 25.1. The summed E-state index contributed by atoms with van der Waals surface area (Å²) in [6, 6.07) is 0. The van der Waals surface area contributed by atoms with Crippen molar-refractivity contribution >= 4 is 5.91 Å². The molecule has 3 heteroatoms. The number of carbonyl (C=O) groups is 1. The fourth-order valence-corrected chi connectivity index (χ4v) is 1.92. The van der Waals surface area contributed by atoms with Crippen LogP contribution in [0.3, 0.4) is 0 Å². The van der Waals surface area contributed by atoms with Gasteiger partial charge in [-0.1, -0.05) is 20.8 Å². The summed E-state index contributed by atoms with van der Waals surface area (Å²) in [6.07, 6.45) is 2.50. The zero-order chi connectivity index (χ0) is 10.1. The molecular formula is C10H19NO2. The van der Waals surface area contributed by atoms with E-state index in [9.17, 15) is 4.79 Å². The Kier molecular flexibility index (Phi) is 2.96. The highest BCUT2D eigenvalue weighted by Gasteiger charge is 2.27. The van der Waals surface area contributed by atoms with Crippen LogP contribution in [0, 0.1) is 11.3 Å². The number of carbonyl (C=O) groups excluding carboxylic acids is 1. The molecule has 0 aromatic carbocycles. The van der Waals surface area contributed by atoms with Gasteiger partial charge in [0.15, 0.2) is 0 Å². The van der Waals surface area contributed by atoms with E-state index in [1.807, 2.05) is 0 Å². The van der Waals surface area contributed by atoms with Gasteiger partial charge in [0.25, 0.3) is 0 Å². The molecule has 1 aliphatic heterocycles. The number of hydrogen-bond acceptors (Lipinski definition) is 2. The van der Waals surface area contributed by atoms with Crippen LogP contribution in [-0.4, -0.2) is 22.7 Å². The first-order valence-electron chi connectivity index (χ1n) is 4.88. The van der Waals surface area contributed by atoms with Gasteiger partial charge in [-0.05, 0) is 24.2 Å². The van der Waals surface area contributed by atoms with Crippen molar-refractivity contribution in [2.75, 3.05) is 6.54 Å². The number of hydroxylamine groups is 2. The Morgan fingerprint density at radius 1 is 1.54 bits per heavy atom. The lowest BCUT2D eigenvalue weighted by molar-refractivity contribution is -0.173. The second-order valence-electron chi connectivity index (χ2n) is 5.14. The van der Waals surface area contributed by atoms with Crippen molar-refractivity contribution in [3.8, 4) is 0 Å². The molecule has 0 aliphatic carbocycles. The first kappa shape index (κ1) is 10.5. The average Bonchev–Trinajstić information content (AvgIpc) is 1.94. The maximum atomic E-state index is 11.2. The molecule has 0 bridgehead atoms. The third kappa shape index (κ3) is 3.35. The van der Waals surface area contributed by atoms with E-state index in [2.05, 4.69) is 20.8 Å². The lowest BCUT2D eigenvalue weighted by Crippen LogP contribution is -2.37. The van der Waals surface area contributed by atoms with Gasteiger partial charge in [-0.15, -0.1) is 0 Å². The van der Waals surface area contributed by atoms with Crippen molar-refractivity contribution in [3.05, 3.63) is 0 Å². The lowest BCUT2D eigenvalue weighted by Gasteiger charge is -2.31. The maximum absolute atomic E-state index is 11.2. The van der Waals surface area contributed by atoms with E-state index in [0.717, 1.165) is 17.9 Å². The molecule has 76 valence electrons. The molecule has 1 rings (SSSR count). The van der Waals surface area contributed by atoms with Crippen LogP contribution < -0.4 is 0 Å². The summed E-state index contributed by atoms with van der Waals surface area (Å²) in [6.45, 7) is 7.05. The summed E-state index contributed by atoms with van der Waals surface area (Å²) in [5.41, 5.74) is 0.280. The lowest BCUT2D eigenvalue weighted by atomic mass is 9.80. The molecule has 0 radical (unpaired) electrons. The molecule has 0 aromatic rings. The van der Waals surface area contributed by atoms with Crippen molar-refractivity contribution in [3.63, 3.8) is 0 Å². The third-order valence-corrected chi connectivity index (χ3v) is 2.40. The molecule has 1 N–H and O–H groups in total. The van der Waals surface area contributed by atoms with Gasteiger partial charge in [-0.25, -0.2) is 5.06 Å². The van der Waals surface area contributed by atoms with E-state index in [0.29, 0.717) is 18.9 Å². The first-order chi connectivity index (χ1) is 5.88. The highest BCUT2D eigenvalue weighted by molar-refractivity contribution is 5.75. The van der Waals surface area contributed by atoms with Crippen LogP contribution in [0.4, 0.5) is 0 Å². The molecule has 13 heavy (non-hydrogen) atoms. The minimum atomic E-state index is -0.125. The molecule has 1 unspecified atom stereocenters. The van der Waals surface area contributed by atoms with Crippen LogP contribution in [0.2, 0.25) is 0 Å². The fourth-order valence-electron chi connectivity index (χ4n) is 1.92. The Balaban J connectivity index is 2.42. The molecule has 0 saturated carbocycles. The summed E-state index contributed by atoms with van der Waals surface area (Å²) in [5, 5.41) is 9.92. The second kappa shape index (κ2) is 3.66. The Morgan fingerprint density at radius 3 is 2.62 bits per heavy atom. The Morgan fingerprint density at radius 2 is 2.15 bits per heavy atom. The van der Waals surface area contributed by atoms with Gasteiger partial charge in [0, 0.05) is 13.0 Å². The zero-order valence-electron chi connectivity index (χ0n) is 8.71. The minimum Gasteiger partial charge on any atom is -0.286 e. The number of hydrogen-bond donors (Lipinski definition) is 1. The van der Waals surface area contributed by atoms with Gasteiger partial charge in [-0.2, -0.15) is 0 Å². The predicted octanol–water partition coefficient (Wildman–Crippen LogP) is 2.05. The highest BCUT2D eigenvalue weighted by atomic mass is 16.5. The van der Waals surface area contributed by atoms with E-state index < -0.39 is 0 Å².